The molecule has 0 heterocycles. The summed E-state index contributed by atoms with van der Waals surface area (Å²) in [5.41, 5.74) is 0. The molecule has 0 spiro atoms. The Morgan fingerprint density at radius 3 is 2.14 bits per heavy atom. The van der Waals surface area contributed by atoms with Gasteiger partial charge in [0.05, 0.1) is 12.3 Å². The third kappa shape index (κ3) is 5.56. The molecule has 0 aliphatic carbocycles. The minimum atomic E-state index is -0.503. The summed E-state index contributed by atoms with van der Waals surface area (Å²) in [6.07, 6.45) is 0.925. The van der Waals surface area contributed by atoms with Crippen molar-refractivity contribution in [3.05, 3.63) is 0 Å². The SMILES string of the molecule is CCC(C)C(=O)OOC(=O)CC(C)C. The van der Waals surface area contributed by atoms with Crippen molar-refractivity contribution >= 4 is 11.9 Å². The molecule has 0 saturated heterocycles. The molecule has 4 nitrogen and oxygen atoms in total. The second-order valence-corrected chi connectivity index (χ2v) is 3.76. The fourth-order valence-electron chi connectivity index (χ4n) is 0.704. The molecule has 0 aliphatic rings. The van der Waals surface area contributed by atoms with Gasteiger partial charge in [-0.05, 0) is 12.3 Å². The molecule has 82 valence electrons. The maximum atomic E-state index is 11.1. The molecule has 0 aromatic heterocycles. The van der Waals surface area contributed by atoms with Gasteiger partial charge >= 0.3 is 11.9 Å². The van der Waals surface area contributed by atoms with E-state index in [4.69, 9.17) is 0 Å². The summed E-state index contributed by atoms with van der Waals surface area (Å²) in [5, 5.41) is 0. The van der Waals surface area contributed by atoms with Crippen molar-refractivity contribution < 1.29 is 19.4 Å². The summed E-state index contributed by atoms with van der Waals surface area (Å²) in [6.45, 7) is 7.36. The molecule has 0 rings (SSSR count). The van der Waals surface area contributed by atoms with E-state index in [1.165, 1.54) is 0 Å². The van der Waals surface area contributed by atoms with E-state index in [1.807, 2.05) is 20.8 Å². The van der Waals surface area contributed by atoms with E-state index in [1.54, 1.807) is 6.92 Å². The van der Waals surface area contributed by atoms with Crippen molar-refractivity contribution in [3.8, 4) is 0 Å². The largest absolute Gasteiger partial charge is 0.358 e. The first kappa shape index (κ1) is 12.9. The molecule has 1 atom stereocenters. The molecule has 0 radical (unpaired) electrons. The zero-order chi connectivity index (χ0) is 11.1. The lowest BCUT2D eigenvalue weighted by Gasteiger charge is -2.07. The van der Waals surface area contributed by atoms with Crippen LogP contribution in [0.15, 0.2) is 0 Å². The molecule has 14 heavy (non-hydrogen) atoms. The molecule has 0 aromatic rings. The average molecular weight is 202 g/mol. The van der Waals surface area contributed by atoms with E-state index in [0.717, 1.165) is 0 Å². The van der Waals surface area contributed by atoms with Crippen LogP contribution in [-0.2, 0) is 19.4 Å². The number of carbonyl (C=O) groups is 2. The highest BCUT2D eigenvalue weighted by Crippen LogP contribution is 2.05. The Kier molecular flexibility index (Phi) is 5.92. The van der Waals surface area contributed by atoms with Crippen molar-refractivity contribution in [2.45, 2.75) is 40.5 Å². The van der Waals surface area contributed by atoms with E-state index < -0.39 is 11.9 Å². The van der Waals surface area contributed by atoms with Crippen LogP contribution in [0.2, 0.25) is 0 Å². The molecule has 0 amide bonds. The number of hydrogen-bond acceptors (Lipinski definition) is 4. The van der Waals surface area contributed by atoms with E-state index in [0.29, 0.717) is 6.42 Å². The Morgan fingerprint density at radius 1 is 1.14 bits per heavy atom. The summed E-state index contributed by atoms with van der Waals surface area (Å²) >= 11 is 0. The lowest BCUT2D eigenvalue weighted by molar-refractivity contribution is -0.262. The van der Waals surface area contributed by atoms with Gasteiger partial charge in [0.2, 0.25) is 0 Å². The molecule has 1 unspecified atom stereocenters. The Balaban J connectivity index is 3.72. The smallest absolute Gasteiger partial charge is 0.247 e. The molecule has 0 aromatic carbocycles. The summed E-state index contributed by atoms with van der Waals surface area (Å²) in [6, 6.07) is 0. The van der Waals surface area contributed by atoms with Gasteiger partial charge in [-0.3, -0.25) is 0 Å². The Hall–Kier alpha value is -1.06. The molecule has 0 aliphatic heterocycles. The summed E-state index contributed by atoms with van der Waals surface area (Å²) in [7, 11) is 0. The van der Waals surface area contributed by atoms with Crippen LogP contribution in [0.4, 0.5) is 0 Å². The topological polar surface area (TPSA) is 52.6 Å². The third-order valence-corrected chi connectivity index (χ3v) is 1.81. The van der Waals surface area contributed by atoms with Gasteiger partial charge in [-0.15, -0.1) is 0 Å². The van der Waals surface area contributed by atoms with Gasteiger partial charge in [0, 0.05) is 0 Å². The van der Waals surface area contributed by atoms with Crippen LogP contribution < -0.4 is 0 Å². The predicted molar refractivity (Wildman–Crippen MR) is 51.1 cm³/mol. The van der Waals surface area contributed by atoms with Gasteiger partial charge in [0.15, 0.2) is 0 Å². The van der Waals surface area contributed by atoms with Gasteiger partial charge in [0.25, 0.3) is 0 Å². The number of carbonyl (C=O) groups excluding carboxylic acids is 2. The Bertz CT molecular complexity index is 198. The predicted octanol–water partition coefficient (Wildman–Crippen LogP) is 2.08. The normalized spacial score (nSPS) is 12.4. The number of rotatable bonds is 4. The summed E-state index contributed by atoms with van der Waals surface area (Å²) in [5.74, 6) is -1.03. The highest BCUT2D eigenvalue weighted by Gasteiger charge is 2.16. The van der Waals surface area contributed by atoms with Crippen LogP contribution in [0.3, 0.4) is 0 Å². The summed E-state index contributed by atoms with van der Waals surface area (Å²) in [4.78, 5) is 30.8. The van der Waals surface area contributed by atoms with Crippen LogP contribution >= 0.6 is 0 Å². The molecule has 0 N–H and O–H groups in total. The second kappa shape index (κ2) is 6.40. The van der Waals surface area contributed by atoms with Gasteiger partial charge < -0.3 is 0 Å². The minimum absolute atomic E-state index is 0.199. The first-order chi connectivity index (χ1) is 6.47. The maximum Gasteiger partial charge on any atom is 0.358 e. The first-order valence-electron chi connectivity index (χ1n) is 4.88. The zero-order valence-corrected chi connectivity index (χ0v) is 9.20. The molecular formula is C10H18O4. The van der Waals surface area contributed by atoms with Crippen LogP contribution in [0.1, 0.15) is 40.5 Å². The third-order valence-electron chi connectivity index (χ3n) is 1.81. The van der Waals surface area contributed by atoms with Crippen molar-refractivity contribution in [1.82, 2.24) is 0 Å². The van der Waals surface area contributed by atoms with Crippen molar-refractivity contribution in [3.63, 3.8) is 0 Å². The molecular weight excluding hydrogens is 184 g/mol. The summed E-state index contributed by atoms with van der Waals surface area (Å²) < 4.78 is 0. The number of hydrogen-bond donors (Lipinski definition) is 0. The zero-order valence-electron chi connectivity index (χ0n) is 9.20. The van der Waals surface area contributed by atoms with Crippen LogP contribution in [0, 0.1) is 11.8 Å². The van der Waals surface area contributed by atoms with E-state index >= 15 is 0 Å². The van der Waals surface area contributed by atoms with Crippen molar-refractivity contribution in [2.24, 2.45) is 11.8 Å². The highest BCUT2D eigenvalue weighted by atomic mass is 17.2. The van der Waals surface area contributed by atoms with Crippen molar-refractivity contribution in [2.75, 3.05) is 0 Å². The lowest BCUT2D eigenvalue weighted by atomic mass is 10.1. The standard InChI is InChI=1S/C10H18O4/c1-5-8(4)10(12)14-13-9(11)6-7(2)3/h7-8H,5-6H2,1-4H3. The lowest BCUT2D eigenvalue weighted by Crippen LogP contribution is -2.17. The fourth-order valence-corrected chi connectivity index (χ4v) is 0.704. The molecule has 0 fully saturated rings. The van der Waals surface area contributed by atoms with Crippen LogP contribution in [0.25, 0.3) is 0 Å². The highest BCUT2D eigenvalue weighted by molar-refractivity contribution is 5.74. The van der Waals surface area contributed by atoms with Gasteiger partial charge in [0.1, 0.15) is 0 Å². The quantitative estimate of drug-likeness (QED) is 0.517. The second-order valence-electron chi connectivity index (χ2n) is 3.76. The monoisotopic (exact) mass is 202 g/mol. The van der Waals surface area contributed by atoms with Crippen LogP contribution in [0.5, 0.6) is 0 Å². The molecule has 0 saturated carbocycles. The van der Waals surface area contributed by atoms with E-state index in [-0.39, 0.29) is 18.3 Å². The van der Waals surface area contributed by atoms with Gasteiger partial charge in [-0.25, -0.2) is 19.4 Å². The molecule has 4 heteroatoms. The average Bonchev–Trinajstić information content (AvgIpc) is 2.11. The van der Waals surface area contributed by atoms with Crippen LogP contribution in [-0.4, -0.2) is 11.9 Å². The minimum Gasteiger partial charge on any atom is -0.247 e. The molecule has 0 bridgehead atoms. The van der Waals surface area contributed by atoms with E-state index in [9.17, 15) is 9.59 Å². The maximum absolute atomic E-state index is 11.1. The first-order valence-corrected chi connectivity index (χ1v) is 4.88. The van der Waals surface area contributed by atoms with Gasteiger partial charge in [-0.2, -0.15) is 0 Å². The van der Waals surface area contributed by atoms with E-state index in [2.05, 4.69) is 9.78 Å². The van der Waals surface area contributed by atoms with Crippen molar-refractivity contribution in [1.29, 1.82) is 0 Å². The fraction of sp³-hybridized carbons (Fsp3) is 0.800. The van der Waals surface area contributed by atoms with Gasteiger partial charge in [-0.1, -0.05) is 27.7 Å². The Morgan fingerprint density at radius 2 is 1.71 bits per heavy atom. The Labute approximate surface area is 84.5 Å².